The van der Waals surface area contributed by atoms with Crippen LogP contribution in [0.2, 0.25) is 0 Å². The third kappa shape index (κ3) is 3.13. The minimum Gasteiger partial charge on any atom is -0.484 e. The monoisotopic (exact) mass is 261 g/mol. The zero-order chi connectivity index (χ0) is 13.8. The highest BCUT2D eigenvalue weighted by molar-refractivity contribution is 5.87. The number of carboxylic acids is 1. The summed E-state index contributed by atoms with van der Waals surface area (Å²) in [6, 6.07) is 5.19. The molecule has 5 nitrogen and oxygen atoms in total. The van der Waals surface area contributed by atoms with E-state index in [2.05, 4.69) is 4.98 Å². The second-order valence-corrected chi connectivity index (χ2v) is 4.15. The fourth-order valence-corrected chi connectivity index (χ4v) is 1.70. The van der Waals surface area contributed by atoms with Crippen LogP contribution in [0, 0.1) is 6.92 Å². The summed E-state index contributed by atoms with van der Waals surface area (Å²) in [5, 5.41) is 8.79. The van der Waals surface area contributed by atoms with Crippen molar-refractivity contribution in [3.8, 4) is 5.75 Å². The molecular formula is C14H15NO4. The number of nitrogens with zero attached hydrogens (tertiary/aromatic N) is 1. The van der Waals surface area contributed by atoms with Gasteiger partial charge in [0.05, 0.1) is 11.3 Å². The van der Waals surface area contributed by atoms with Crippen molar-refractivity contribution in [1.82, 2.24) is 4.98 Å². The van der Waals surface area contributed by atoms with Crippen molar-refractivity contribution >= 4 is 5.97 Å². The summed E-state index contributed by atoms with van der Waals surface area (Å²) in [4.78, 5) is 15.1. The van der Waals surface area contributed by atoms with Gasteiger partial charge in [-0.15, -0.1) is 0 Å². The fraction of sp³-hybridized carbons (Fsp3) is 0.286. The van der Waals surface area contributed by atoms with Gasteiger partial charge in [-0.3, -0.25) is 4.98 Å². The number of ether oxygens (including phenoxy) is 1. The summed E-state index contributed by atoms with van der Waals surface area (Å²) in [7, 11) is 0. The van der Waals surface area contributed by atoms with E-state index in [9.17, 15) is 4.79 Å². The van der Waals surface area contributed by atoms with Gasteiger partial charge in [-0.2, -0.15) is 0 Å². The van der Waals surface area contributed by atoms with E-state index < -0.39 is 5.97 Å². The topological polar surface area (TPSA) is 72.6 Å². The Morgan fingerprint density at radius 2 is 2.26 bits per heavy atom. The van der Waals surface area contributed by atoms with Crippen molar-refractivity contribution in [2.75, 3.05) is 0 Å². The molecule has 0 spiro atoms. The molecule has 0 unspecified atom stereocenters. The largest absolute Gasteiger partial charge is 0.484 e. The van der Waals surface area contributed by atoms with Crippen LogP contribution in [0.1, 0.15) is 34.4 Å². The zero-order valence-electron chi connectivity index (χ0n) is 10.8. The quantitative estimate of drug-likeness (QED) is 0.895. The van der Waals surface area contributed by atoms with E-state index in [0.717, 1.165) is 17.8 Å². The molecule has 0 bridgehead atoms. The molecule has 2 aromatic heterocycles. The van der Waals surface area contributed by atoms with Crippen molar-refractivity contribution in [2.24, 2.45) is 0 Å². The molecule has 2 aromatic rings. The SMILES string of the molecule is CCc1nc(C)ccc1OCc1cc(C(=O)O)co1. The van der Waals surface area contributed by atoms with Crippen LogP contribution >= 0.6 is 0 Å². The average molecular weight is 261 g/mol. The summed E-state index contributed by atoms with van der Waals surface area (Å²) >= 11 is 0. The number of carboxylic acid groups (broad SMARTS) is 1. The third-order valence-electron chi connectivity index (χ3n) is 2.68. The minimum atomic E-state index is -1.01. The maximum atomic E-state index is 10.7. The van der Waals surface area contributed by atoms with E-state index in [-0.39, 0.29) is 12.2 Å². The van der Waals surface area contributed by atoms with E-state index in [0.29, 0.717) is 11.5 Å². The van der Waals surface area contributed by atoms with Crippen molar-refractivity contribution in [2.45, 2.75) is 26.9 Å². The molecule has 0 aromatic carbocycles. The van der Waals surface area contributed by atoms with Gasteiger partial charge in [0.2, 0.25) is 0 Å². The molecule has 0 aliphatic carbocycles. The molecule has 19 heavy (non-hydrogen) atoms. The number of pyridine rings is 1. The van der Waals surface area contributed by atoms with Gasteiger partial charge in [-0.25, -0.2) is 4.79 Å². The number of aromatic nitrogens is 1. The second kappa shape index (κ2) is 5.56. The predicted molar refractivity (Wildman–Crippen MR) is 68.4 cm³/mol. The number of hydrogen-bond acceptors (Lipinski definition) is 4. The van der Waals surface area contributed by atoms with E-state index in [4.69, 9.17) is 14.3 Å². The lowest BCUT2D eigenvalue weighted by molar-refractivity contribution is 0.0696. The molecule has 0 radical (unpaired) electrons. The van der Waals surface area contributed by atoms with E-state index >= 15 is 0 Å². The van der Waals surface area contributed by atoms with Crippen LogP contribution in [0.15, 0.2) is 28.9 Å². The molecule has 0 amide bonds. The van der Waals surface area contributed by atoms with Gasteiger partial charge in [-0.05, 0) is 31.5 Å². The third-order valence-corrected chi connectivity index (χ3v) is 2.68. The first-order valence-corrected chi connectivity index (χ1v) is 6.00. The van der Waals surface area contributed by atoms with Crippen LogP contribution in [0.4, 0.5) is 0 Å². The van der Waals surface area contributed by atoms with Crippen LogP contribution in [0.25, 0.3) is 0 Å². The normalized spacial score (nSPS) is 10.4. The van der Waals surface area contributed by atoms with Crippen molar-refractivity contribution in [3.63, 3.8) is 0 Å². The zero-order valence-corrected chi connectivity index (χ0v) is 10.8. The van der Waals surface area contributed by atoms with Crippen molar-refractivity contribution in [1.29, 1.82) is 0 Å². The first kappa shape index (κ1) is 13.1. The predicted octanol–water partition coefficient (Wildman–Crippen LogP) is 2.82. The maximum Gasteiger partial charge on any atom is 0.338 e. The molecular weight excluding hydrogens is 246 g/mol. The molecule has 0 fully saturated rings. The minimum absolute atomic E-state index is 0.122. The molecule has 1 N–H and O–H groups in total. The second-order valence-electron chi connectivity index (χ2n) is 4.15. The van der Waals surface area contributed by atoms with Gasteiger partial charge in [0.25, 0.3) is 0 Å². The summed E-state index contributed by atoms with van der Waals surface area (Å²) in [5.41, 5.74) is 1.94. The Morgan fingerprint density at radius 1 is 1.47 bits per heavy atom. The number of hydrogen-bond donors (Lipinski definition) is 1. The van der Waals surface area contributed by atoms with Gasteiger partial charge < -0.3 is 14.3 Å². The van der Waals surface area contributed by atoms with Crippen LogP contribution in [-0.2, 0) is 13.0 Å². The Labute approximate surface area is 110 Å². The number of carbonyl (C=O) groups is 1. The molecule has 0 aliphatic rings. The standard InChI is InChI=1S/C14H15NO4/c1-3-12-13(5-4-9(2)15-12)19-8-11-6-10(7-18-11)14(16)17/h4-7H,3,8H2,1-2H3,(H,16,17). The number of rotatable bonds is 5. The highest BCUT2D eigenvalue weighted by atomic mass is 16.5. The molecule has 0 saturated heterocycles. The highest BCUT2D eigenvalue weighted by Crippen LogP contribution is 2.19. The Balaban J connectivity index is 2.07. The van der Waals surface area contributed by atoms with Gasteiger partial charge >= 0.3 is 5.97 Å². The van der Waals surface area contributed by atoms with E-state index in [1.54, 1.807) is 0 Å². The van der Waals surface area contributed by atoms with Crippen LogP contribution in [0.5, 0.6) is 5.75 Å². The number of aromatic carboxylic acids is 1. The Bertz CT molecular complexity index is 589. The molecule has 0 aliphatic heterocycles. The van der Waals surface area contributed by atoms with Gasteiger partial charge in [0.1, 0.15) is 24.4 Å². The number of furan rings is 1. The fourth-order valence-electron chi connectivity index (χ4n) is 1.70. The average Bonchev–Trinajstić information content (AvgIpc) is 2.86. The molecule has 2 rings (SSSR count). The number of aryl methyl sites for hydroxylation is 2. The maximum absolute atomic E-state index is 10.7. The molecule has 100 valence electrons. The Kier molecular flexibility index (Phi) is 3.85. The van der Waals surface area contributed by atoms with Gasteiger partial charge in [0, 0.05) is 5.69 Å². The van der Waals surface area contributed by atoms with Crippen molar-refractivity contribution < 1.29 is 19.1 Å². The molecule has 5 heteroatoms. The summed E-state index contributed by atoms with van der Waals surface area (Å²) in [5.74, 6) is 0.155. The summed E-state index contributed by atoms with van der Waals surface area (Å²) in [6.07, 6.45) is 1.98. The summed E-state index contributed by atoms with van der Waals surface area (Å²) < 4.78 is 10.7. The van der Waals surface area contributed by atoms with Crippen LogP contribution in [0.3, 0.4) is 0 Å². The molecule has 0 atom stereocenters. The molecule has 0 saturated carbocycles. The van der Waals surface area contributed by atoms with E-state index in [1.807, 2.05) is 26.0 Å². The molecule has 2 heterocycles. The van der Waals surface area contributed by atoms with Gasteiger partial charge in [-0.1, -0.05) is 6.92 Å². The lowest BCUT2D eigenvalue weighted by atomic mass is 10.2. The highest BCUT2D eigenvalue weighted by Gasteiger charge is 2.10. The van der Waals surface area contributed by atoms with Crippen LogP contribution < -0.4 is 4.74 Å². The lowest BCUT2D eigenvalue weighted by Crippen LogP contribution is -2.00. The van der Waals surface area contributed by atoms with E-state index in [1.165, 1.54) is 12.3 Å². The summed E-state index contributed by atoms with van der Waals surface area (Å²) in [6.45, 7) is 4.11. The van der Waals surface area contributed by atoms with Gasteiger partial charge in [0.15, 0.2) is 0 Å². The smallest absolute Gasteiger partial charge is 0.338 e. The first-order chi connectivity index (χ1) is 9.10. The van der Waals surface area contributed by atoms with Crippen molar-refractivity contribution in [3.05, 3.63) is 47.2 Å². The first-order valence-electron chi connectivity index (χ1n) is 6.00. The Hall–Kier alpha value is -2.30. The lowest BCUT2D eigenvalue weighted by Gasteiger charge is -2.08. The Morgan fingerprint density at radius 3 is 2.89 bits per heavy atom. The van der Waals surface area contributed by atoms with Crippen LogP contribution in [-0.4, -0.2) is 16.1 Å².